The van der Waals surface area contributed by atoms with E-state index in [1.54, 1.807) is 7.11 Å². The van der Waals surface area contributed by atoms with Crippen LogP contribution in [-0.2, 0) is 14.9 Å². The summed E-state index contributed by atoms with van der Waals surface area (Å²) < 4.78 is 10.7. The maximum Gasteiger partial charge on any atom is 0.340 e. The Balaban J connectivity index is 1.81. The molecule has 3 aliphatic heterocycles. The van der Waals surface area contributed by atoms with Crippen molar-refractivity contribution < 1.29 is 19.4 Å². The van der Waals surface area contributed by atoms with Gasteiger partial charge in [0.2, 0.25) is 0 Å². The van der Waals surface area contributed by atoms with Crippen molar-refractivity contribution in [3.63, 3.8) is 0 Å². The van der Waals surface area contributed by atoms with Crippen LogP contribution in [-0.4, -0.2) is 68.0 Å². The van der Waals surface area contributed by atoms with Crippen molar-refractivity contribution in [1.29, 1.82) is 0 Å². The van der Waals surface area contributed by atoms with E-state index in [0.717, 1.165) is 37.4 Å². The molecule has 0 amide bonds. The summed E-state index contributed by atoms with van der Waals surface area (Å²) in [7, 11) is 5.03. The van der Waals surface area contributed by atoms with Crippen LogP contribution in [0.15, 0.2) is 30.4 Å². The van der Waals surface area contributed by atoms with Gasteiger partial charge in [-0.1, -0.05) is 25.1 Å². The number of likely N-dealkylation sites (N-methyl/N-ethyl adjacent to an activating group) is 1. The van der Waals surface area contributed by atoms with Gasteiger partial charge in [-0.25, -0.2) is 4.79 Å². The highest BCUT2D eigenvalue weighted by Gasteiger charge is 2.75. The minimum atomic E-state index is -1.58. The van der Waals surface area contributed by atoms with Crippen LogP contribution in [0.5, 0.6) is 5.75 Å². The number of carbonyl (C=O) groups is 1. The molecule has 6 heteroatoms. The van der Waals surface area contributed by atoms with Crippen LogP contribution in [0.1, 0.15) is 31.7 Å². The van der Waals surface area contributed by atoms with E-state index in [2.05, 4.69) is 34.9 Å². The molecule has 5 atom stereocenters. The van der Waals surface area contributed by atoms with Gasteiger partial charge in [0.15, 0.2) is 5.60 Å². The molecule has 6 nitrogen and oxygen atoms in total. The Bertz CT molecular complexity index is 901. The molecule has 1 spiro atoms. The molecule has 0 aromatic heterocycles. The van der Waals surface area contributed by atoms with Gasteiger partial charge in [0, 0.05) is 42.2 Å². The summed E-state index contributed by atoms with van der Waals surface area (Å²) in [5.74, 6) is 0.254. The van der Waals surface area contributed by atoms with E-state index >= 15 is 0 Å². The summed E-state index contributed by atoms with van der Waals surface area (Å²) in [5.41, 5.74) is 0.0721. The lowest BCUT2D eigenvalue weighted by Gasteiger charge is -2.60. The van der Waals surface area contributed by atoms with Gasteiger partial charge in [0.05, 0.1) is 20.3 Å². The first-order valence-corrected chi connectivity index (χ1v) is 10.5. The number of fused-ring (bicyclic) bond motifs is 1. The van der Waals surface area contributed by atoms with Gasteiger partial charge >= 0.3 is 5.97 Å². The number of nitrogens with zero attached hydrogens (tertiary/aromatic N) is 2. The molecule has 0 radical (unpaired) electrons. The molecule has 5 rings (SSSR count). The zero-order valence-corrected chi connectivity index (χ0v) is 17.6. The molecule has 1 N–H and O–H groups in total. The lowest BCUT2D eigenvalue weighted by atomic mass is 9.49. The highest BCUT2D eigenvalue weighted by molar-refractivity contribution is 5.85. The molecule has 1 aromatic rings. The molecule has 0 bridgehead atoms. The number of esters is 1. The monoisotopic (exact) mass is 398 g/mol. The molecular formula is C23H30N2O4. The van der Waals surface area contributed by atoms with Crippen LogP contribution >= 0.6 is 0 Å². The van der Waals surface area contributed by atoms with Crippen molar-refractivity contribution in [3.8, 4) is 5.75 Å². The van der Waals surface area contributed by atoms with Gasteiger partial charge in [-0.3, -0.25) is 4.90 Å². The quantitative estimate of drug-likeness (QED) is 0.622. The number of carbonyl (C=O) groups excluding carboxylic acids is 1. The van der Waals surface area contributed by atoms with E-state index in [1.807, 2.05) is 19.2 Å². The number of benzene rings is 1. The normalized spacial score (nSPS) is 39.7. The van der Waals surface area contributed by atoms with E-state index in [-0.39, 0.29) is 22.9 Å². The summed E-state index contributed by atoms with van der Waals surface area (Å²) in [6.07, 6.45) is 6.64. The summed E-state index contributed by atoms with van der Waals surface area (Å²) in [6.45, 7) is 4.06. The van der Waals surface area contributed by atoms with Gasteiger partial charge in [0.25, 0.3) is 0 Å². The van der Waals surface area contributed by atoms with Crippen molar-refractivity contribution in [2.75, 3.05) is 39.3 Å². The first-order valence-electron chi connectivity index (χ1n) is 10.5. The Kier molecular flexibility index (Phi) is 3.91. The number of ether oxygens (including phenoxy) is 2. The van der Waals surface area contributed by atoms with Crippen LogP contribution in [0, 0.1) is 5.41 Å². The minimum Gasteiger partial charge on any atom is -0.497 e. The number of hydrogen-bond donors (Lipinski definition) is 1. The Labute approximate surface area is 172 Å². The smallest absolute Gasteiger partial charge is 0.340 e. The van der Waals surface area contributed by atoms with Crippen LogP contribution in [0.25, 0.3) is 0 Å². The van der Waals surface area contributed by atoms with Crippen LogP contribution < -0.4 is 9.64 Å². The van der Waals surface area contributed by atoms with Gasteiger partial charge in [-0.2, -0.15) is 0 Å². The van der Waals surface area contributed by atoms with Crippen molar-refractivity contribution in [1.82, 2.24) is 4.90 Å². The molecule has 2 fully saturated rings. The third-order valence-electron chi connectivity index (χ3n) is 8.21. The third-order valence-corrected chi connectivity index (χ3v) is 8.21. The number of rotatable bonds is 3. The first-order chi connectivity index (χ1) is 13.9. The van der Waals surface area contributed by atoms with Crippen molar-refractivity contribution in [3.05, 3.63) is 35.9 Å². The molecular weight excluding hydrogens is 368 g/mol. The minimum absolute atomic E-state index is 0.247. The van der Waals surface area contributed by atoms with Crippen LogP contribution in [0.2, 0.25) is 0 Å². The first kappa shape index (κ1) is 18.9. The van der Waals surface area contributed by atoms with E-state index < -0.39 is 11.6 Å². The standard InChI is InChI=1S/C23H30N2O4/c1-5-21-9-6-11-25-12-10-22(18(21)25)16-8-7-15(28-3)13-17(16)24(2)19(22)23(27,14-21)20(26)29-4/h6-9,13,18-19,27H,5,10-12,14H2,1-4H3/t18-,19-,21-,22-,23+/m0/s1. The highest BCUT2D eigenvalue weighted by atomic mass is 16.5. The molecule has 4 aliphatic rings. The second-order valence-electron chi connectivity index (χ2n) is 9.17. The molecule has 156 valence electrons. The van der Waals surface area contributed by atoms with E-state index in [1.165, 1.54) is 12.7 Å². The Morgan fingerprint density at radius 3 is 2.79 bits per heavy atom. The van der Waals surface area contributed by atoms with E-state index in [4.69, 9.17) is 9.47 Å². The van der Waals surface area contributed by atoms with Crippen molar-refractivity contribution in [2.45, 2.75) is 49.3 Å². The van der Waals surface area contributed by atoms with Gasteiger partial charge in [-0.05, 0) is 37.4 Å². The van der Waals surface area contributed by atoms with Gasteiger partial charge in [-0.15, -0.1) is 0 Å². The highest BCUT2D eigenvalue weighted by Crippen LogP contribution is 2.66. The van der Waals surface area contributed by atoms with Crippen LogP contribution in [0.4, 0.5) is 5.69 Å². The predicted octanol–water partition coefficient (Wildman–Crippen LogP) is 2.10. The molecule has 1 aromatic carbocycles. The fourth-order valence-corrected chi connectivity index (χ4v) is 7.33. The Morgan fingerprint density at radius 2 is 2.10 bits per heavy atom. The third kappa shape index (κ3) is 2.06. The van der Waals surface area contributed by atoms with Crippen molar-refractivity contribution in [2.24, 2.45) is 5.41 Å². The average Bonchev–Trinajstić information content (AvgIpc) is 3.25. The second-order valence-corrected chi connectivity index (χ2v) is 9.17. The fourth-order valence-electron chi connectivity index (χ4n) is 7.33. The molecule has 3 heterocycles. The second kappa shape index (κ2) is 5.99. The average molecular weight is 399 g/mol. The number of aliphatic hydroxyl groups is 1. The molecule has 1 saturated carbocycles. The summed E-state index contributed by atoms with van der Waals surface area (Å²) >= 11 is 0. The van der Waals surface area contributed by atoms with Crippen LogP contribution in [0.3, 0.4) is 0 Å². The SMILES string of the molecule is CC[C@]12C=CCN3CC[C@]4(c5ccc(OC)cc5N(C)[C@@H]4[C@@](O)(C(=O)OC)C1)[C@@H]32. The Morgan fingerprint density at radius 1 is 1.31 bits per heavy atom. The molecule has 0 unspecified atom stereocenters. The van der Waals surface area contributed by atoms with Gasteiger partial charge < -0.3 is 19.5 Å². The summed E-state index contributed by atoms with van der Waals surface area (Å²) in [6, 6.07) is 6.07. The summed E-state index contributed by atoms with van der Waals surface area (Å²) in [4.78, 5) is 17.8. The maximum absolute atomic E-state index is 13.1. The topological polar surface area (TPSA) is 62.2 Å². The maximum atomic E-state index is 13.1. The van der Waals surface area contributed by atoms with E-state index in [9.17, 15) is 9.90 Å². The predicted molar refractivity (Wildman–Crippen MR) is 110 cm³/mol. The molecule has 1 aliphatic carbocycles. The zero-order valence-electron chi connectivity index (χ0n) is 17.6. The molecule has 1 saturated heterocycles. The number of anilines is 1. The van der Waals surface area contributed by atoms with E-state index in [0.29, 0.717) is 6.42 Å². The fraction of sp³-hybridized carbons (Fsp3) is 0.609. The lowest BCUT2D eigenvalue weighted by molar-refractivity contribution is -0.181. The van der Waals surface area contributed by atoms with Crippen molar-refractivity contribution >= 4 is 11.7 Å². The molecule has 29 heavy (non-hydrogen) atoms. The summed E-state index contributed by atoms with van der Waals surface area (Å²) in [5, 5.41) is 12.0. The van der Waals surface area contributed by atoms with Gasteiger partial charge in [0.1, 0.15) is 5.75 Å². The Hall–Kier alpha value is -2.05. The lowest BCUT2D eigenvalue weighted by Crippen LogP contribution is -2.74. The largest absolute Gasteiger partial charge is 0.497 e. The zero-order chi connectivity index (χ0) is 20.6. The number of methoxy groups -OCH3 is 2. The number of hydrogen-bond acceptors (Lipinski definition) is 6.